The van der Waals surface area contributed by atoms with Crippen molar-refractivity contribution in [1.29, 1.82) is 0 Å². The Morgan fingerprint density at radius 3 is 2.69 bits per heavy atom. The van der Waals surface area contributed by atoms with Crippen LogP contribution in [0, 0.1) is 0 Å². The number of aliphatic carboxylic acids is 1. The summed E-state index contributed by atoms with van der Waals surface area (Å²) in [6.07, 6.45) is 2.69. The number of carbonyl (C=O) groups is 1. The van der Waals surface area contributed by atoms with Gasteiger partial charge in [-0.15, -0.1) is 0 Å². The summed E-state index contributed by atoms with van der Waals surface area (Å²) in [5.74, 6) is -0.521. The largest absolute Gasteiger partial charge is 0.478 e. The van der Waals surface area contributed by atoms with Gasteiger partial charge in [0.15, 0.2) is 9.84 Å². The highest BCUT2D eigenvalue weighted by atomic mass is 32.2. The maximum absolute atomic E-state index is 11.2. The van der Waals surface area contributed by atoms with Crippen molar-refractivity contribution in [3.05, 3.63) is 11.6 Å². The van der Waals surface area contributed by atoms with Crippen LogP contribution in [0.3, 0.4) is 0 Å². The summed E-state index contributed by atoms with van der Waals surface area (Å²) in [6.45, 7) is 2.19. The van der Waals surface area contributed by atoms with Gasteiger partial charge in [0.05, 0.1) is 11.5 Å². The molecule has 1 atom stereocenters. The molecule has 92 valence electrons. The summed E-state index contributed by atoms with van der Waals surface area (Å²) in [4.78, 5) is 10.7. The molecule has 0 aromatic heterocycles. The standard InChI is InChI=1S/C10H17NO4S/c1-2-8(10(12)13)3-5-11-9-4-6-16(14,15)7-9/h3,9,11H,2,4-7H2,1H3,(H,12,13). The first-order chi connectivity index (χ1) is 7.44. The lowest BCUT2D eigenvalue weighted by Gasteiger charge is -2.08. The second kappa shape index (κ2) is 5.45. The predicted octanol–water partition coefficient (Wildman–Crippen LogP) is 0.184. The van der Waals surface area contributed by atoms with Crippen molar-refractivity contribution in [2.75, 3.05) is 18.1 Å². The van der Waals surface area contributed by atoms with E-state index in [1.54, 1.807) is 13.0 Å². The maximum Gasteiger partial charge on any atom is 0.331 e. The normalized spacial score (nSPS) is 24.6. The van der Waals surface area contributed by atoms with Gasteiger partial charge >= 0.3 is 5.97 Å². The number of nitrogens with one attached hydrogen (secondary N) is 1. The van der Waals surface area contributed by atoms with Gasteiger partial charge in [-0.3, -0.25) is 0 Å². The third-order valence-corrected chi connectivity index (χ3v) is 4.41. The Labute approximate surface area is 95.5 Å². The molecule has 1 heterocycles. The van der Waals surface area contributed by atoms with Crippen molar-refractivity contribution in [2.45, 2.75) is 25.8 Å². The van der Waals surface area contributed by atoms with E-state index in [2.05, 4.69) is 5.32 Å². The molecule has 0 spiro atoms. The van der Waals surface area contributed by atoms with Gasteiger partial charge in [-0.25, -0.2) is 13.2 Å². The smallest absolute Gasteiger partial charge is 0.331 e. The highest BCUT2D eigenvalue weighted by Crippen LogP contribution is 2.11. The first-order valence-corrected chi connectivity index (χ1v) is 7.13. The molecule has 1 unspecified atom stereocenters. The molecule has 1 saturated heterocycles. The first-order valence-electron chi connectivity index (χ1n) is 5.30. The minimum atomic E-state index is -2.87. The Morgan fingerprint density at radius 2 is 2.25 bits per heavy atom. The molecule has 0 aromatic rings. The summed E-state index contributed by atoms with van der Waals surface area (Å²) < 4.78 is 22.3. The van der Waals surface area contributed by atoms with Gasteiger partial charge in [0.2, 0.25) is 0 Å². The monoisotopic (exact) mass is 247 g/mol. The van der Waals surface area contributed by atoms with Crippen LogP contribution >= 0.6 is 0 Å². The summed E-state index contributed by atoms with van der Waals surface area (Å²) in [5.41, 5.74) is 0.355. The fourth-order valence-corrected chi connectivity index (χ4v) is 3.40. The minimum Gasteiger partial charge on any atom is -0.478 e. The molecule has 1 fully saturated rings. The lowest BCUT2D eigenvalue weighted by Crippen LogP contribution is -2.30. The third-order valence-electron chi connectivity index (χ3n) is 2.64. The van der Waals surface area contributed by atoms with Gasteiger partial charge in [0.1, 0.15) is 0 Å². The molecular weight excluding hydrogens is 230 g/mol. The molecule has 1 aliphatic heterocycles. The number of carboxylic acid groups (broad SMARTS) is 1. The zero-order valence-corrected chi connectivity index (χ0v) is 10.1. The molecule has 0 saturated carbocycles. The Morgan fingerprint density at radius 1 is 1.56 bits per heavy atom. The minimum absolute atomic E-state index is 0.0341. The quantitative estimate of drug-likeness (QED) is 0.677. The third kappa shape index (κ3) is 3.94. The van der Waals surface area contributed by atoms with E-state index in [0.29, 0.717) is 25.0 Å². The molecular formula is C10H17NO4S. The Hall–Kier alpha value is -0.880. The molecule has 6 heteroatoms. The van der Waals surface area contributed by atoms with E-state index in [-0.39, 0.29) is 17.5 Å². The first kappa shape index (κ1) is 13.2. The van der Waals surface area contributed by atoms with Crippen LogP contribution in [0.25, 0.3) is 0 Å². The summed E-state index contributed by atoms with van der Waals surface area (Å²) in [7, 11) is -2.87. The highest BCUT2D eigenvalue weighted by Gasteiger charge is 2.26. The average Bonchev–Trinajstić information content (AvgIpc) is 2.52. The van der Waals surface area contributed by atoms with Crippen molar-refractivity contribution in [2.24, 2.45) is 0 Å². The topological polar surface area (TPSA) is 83.5 Å². The van der Waals surface area contributed by atoms with E-state index in [1.165, 1.54) is 0 Å². The van der Waals surface area contributed by atoms with E-state index in [1.807, 2.05) is 0 Å². The van der Waals surface area contributed by atoms with Crippen molar-refractivity contribution in [1.82, 2.24) is 5.32 Å². The molecule has 0 amide bonds. The van der Waals surface area contributed by atoms with Crippen molar-refractivity contribution >= 4 is 15.8 Å². The SMILES string of the molecule is CCC(=CCNC1CCS(=O)(=O)C1)C(=O)O. The molecule has 16 heavy (non-hydrogen) atoms. The fraction of sp³-hybridized carbons (Fsp3) is 0.700. The molecule has 5 nitrogen and oxygen atoms in total. The second-order valence-corrected chi connectivity index (χ2v) is 6.12. The van der Waals surface area contributed by atoms with Gasteiger partial charge in [0.25, 0.3) is 0 Å². The highest BCUT2D eigenvalue weighted by molar-refractivity contribution is 7.91. The number of rotatable bonds is 5. The van der Waals surface area contributed by atoms with E-state index in [4.69, 9.17) is 5.11 Å². The zero-order valence-electron chi connectivity index (χ0n) is 9.27. The molecule has 0 radical (unpaired) electrons. The number of hydrogen-bond donors (Lipinski definition) is 2. The zero-order chi connectivity index (χ0) is 12.2. The number of hydrogen-bond acceptors (Lipinski definition) is 4. The predicted molar refractivity (Wildman–Crippen MR) is 61.1 cm³/mol. The Balaban J connectivity index is 2.39. The molecule has 1 rings (SSSR count). The summed E-state index contributed by atoms with van der Waals surface area (Å²) >= 11 is 0. The van der Waals surface area contributed by atoms with Crippen molar-refractivity contribution in [3.8, 4) is 0 Å². The van der Waals surface area contributed by atoms with Crippen LogP contribution in [-0.2, 0) is 14.6 Å². The average molecular weight is 247 g/mol. The van der Waals surface area contributed by atoms with Crippen LogP contribution in [0.2, 0.25) is 0 Å². The van der Waals surface area contributed by atoms with Gasteiger partial charge in [-0.05, 0) is 12.8 Å². The van der Waals surface area contributed by atoms with E-state index in [0.717, 1.165) is 0 Å². The number of carboxylic acids is 1. The van der Waals surface area contributed by atoms with Crippen LogP contribution in [0.4, 0.5) is 0 Å². The fourth-order valence-electron chi connectivity index (χ4n) is 1.69. The lowest BCUT2D eigenvalue weighted by molar-refractivity contribution is -0.132. The van der Waals surface area contributed by atoms with Crippen LogP contribution in [-0.4, -0.2) is 43.6 Å². The van der Waals surface area contributed by atoms with Crippen molar-refractivity contribution in [3.63, 3.8) is 0 Å². The van der Waals surface area contributed by atoms with E-state index < -0.39 is 15.8 Å². The van der Waals surface area contributed by atoms with Gasteiger partial charge < -0.3 is 10.4 Å². The van der Waals surface area contributed by atoms with Gasteiger partial charge in [0, 0.05) is 18.2 Å². The van der Waals surface area contributed by atoms with E-state index in [9.17, 15) is 13.2 Å². The van der Waals surface area contributed by atoms with Gasteiger partial charge in [-0.1, -0.05) is 13.0 Å². The molecule has 1 aliphatic rings. The summed E-state index contributed by atoms with van der Waals surface area (Å²) in [5, 5.41) is 11.8. The molecule has 0 aromatic carbocycles. The molecule has 2 N–H and O–H groups in total. The Bertz CT molecular complexity index is 386. The summed E-state index contributed by atoms with van der Waals surface area (Å²) in [6, 6.07) is -0.0341. The number of sulfone groups is 1. The molecule has 0 bridgehead atoms. The van der Waals surface area contributed by atoms with Crippen LogP contribution in [0.5, 0.6) is 0 Å². The lowest BCUT2D eigenvalue weighted by atomic mass is 10.2. The Kier molecular flexibility index (Phi) is 4.49. The maximum atomic E-state index is 11.2. The van der Waals surface area contributed by atoms with Gasteiger partial charge in [-0.2, -0.15) is 0 Å². The van der Waals surface area contributed by atoms with Crippen LogP contribution in [0.1, 0.15) is 19.8 Å². The second-order valence-electron chi connectivity index (χ2n) is 3.90. The van der Waals surface area contributed by atoms with Crippen LogP contribution in [0.15, 0.2) is 11.6 Å². The van der Waals surface area contributed by atoms with E-state index >= 15 is 0 Å². The van der Waals surface area contributed by atoms with Crippen molar-refractivity contribution < 1.29 is 18.3 Å². The molecule has 0 aliphatic carbocycles. The van der Waals surface area contributed by atoms with Crippen LogP contribution < -0.4 is 5.32 Å².